The minimum Gasteiger partial charge on any atom is -0.350 e. The van der Waals surface area contributed by atoms with Crippen LogP contribution in [0.2, 0.25) is 10.0 Å². The van der Waals surface area contributed by atoms with Crippen LogP contribution in [0.4, 0.5) is 0 Å². The van der Waals surface area contributed by atoms with Crippen LogP contribution in [-0.4, -0.2) is 34.0 Å². The van der Waals surface area contributed by atoms with E-state index in [1.165, 1.54) is 11.8 Å². The summed E-state index contributed by atoms with van der Waals surface area (Å²) in [5.74, 6) is 0.655. The van der Waals surface area contributed by atoms with E-state index >= 15 is 0 Å². The topological polar surface area (TPSA) is 49.4 Å². The lowest BCUT2D eigenvalue weighted by atomic mass is 10.1. The number of halogens is 2. The maximum absolute atomic E-state index is 13.1. The Hall–Kier alpha value is -1.69. The van der Waals surface area contributed by atoms with Gasteiger partial charge in [-0.3, -0.25) is 9.59 Å². The van der Waals surface area contributed by atoms with Crippen molar-refractivity contribution in [2.45, 2.75) is 51.6 Å². The van der Waals surface area contributed by atoms with E-state index in [1.807, 2.05) is 63.2 Å². The highest BCUT2D eigenvalue weighted by molar-refractivity contribution is 7.99. The second kappa shape index (κ2) is 11.1. The first kappa shape index (κ1) is 24.6. The summed E-state index contributed by atoms with van der Waals surface area (Å²) in [6.07, 6.45) is 0. The molecule has 1 atom stereocenters. The zero-order valence-electron chi connectivity index (χ0n) is 17.7. The molecule has 2 amide bonds. The predicted octanol–water partition coefficient (Wildman–Crippen LogP) is 5.56. The van der Waals surface area contributed by atoms with Gasteiger partial charge in [0.05, 0.1) is 5.75 Å². The van der Waals surface area contributed by atoms with Crippen molar-refractivity contribution in [3.05, 3.63) is 69.7 Å². The van der Waals surface area contributed by atoms with Crippen LogP contribution in [0.3, 0.4) is 0 Å². The highest BCUT2D eigenvalue weighted by Gasteiger charge is 2.28. The third-order valence-corrected chi connectivity index (χ3v) is 5.98. The Kier molecular flexibility index (Phi) is 9.08. The smallest absolute Gasteiger partial charge is 0.242 e. The lowest BCUT2D eigenvalue weighted by molar-refractivity contribution is -0.139. The molecular formula is C23H28Cl2N2O2S. The number of carbonyl (C=O) groups is 2. The Morgan fingerprint density at radius 2 is 1.70 bits per heavy atom. The molecule has 0 radical (unpaired) electrons. The molecule has 1 N–H and O–H groups in total. The van der Waals surface area contributed by atoms with Crippen LogP contribution in [0.15, 0.2) is 48.5 Å². The van der Waals surface area contributed by atoms with Gasteiger partial charge >= 0.3 is 0 Å². The summed E-state index contributed by atoms with van der Waals surface area (Å²) < 4.78 is 0. The van der Waals surface area contributed by atoms with Gasteiger partial charge in [0, 0.05) is 27.9 Å². The lowest BCUT2D eigenvalue weighted by Gasteiger charge is -2.31. The Balaban J connectivity index is 2.10. The van der Waals surface area contributed by atoms with Crippen molar-refractivity contribution in [1.82, 2.24) is 10.2 Å². The molecule has 7 heteroatoms. The molecule has 0 aliphatic rings. The number of nitrogens with zero attached hydrogens (tertiary/aromatic N) is 1. The summed E-state index contributed by atoms with van der Waals surface area (Å²) in [4.78, 5) is 27.4. The van der Waals surface area contributed by atoms with Gasteiger partial charge in [0.2, 0.25) is 11.8 Å². The van der Waals surface area contributed by atoms with Crippen LogP contribution in [-0.2, 0) is 21.9 Å². The first-order chi connectivity index (χ1) is 14.1. The summed E-state index contributed by atoms with van der Waals surface area (Å²) >= 11 is 13.7. The Labute approximate surface area is 193 Å². The number of nitrogens with one attached hydrogen (secondary N) is 1. The molecule has 30 heavy (non-hydrogen) atoms. The fourth-order valence-corrected chi connectivity index (χ4v) is 3.98. The summed E-state index contributed by atoms with van der Waals surface area (Å²) in [7, 11) is 0. The number of amides is 2. The zero-order valence-corrected chi connectivity index (χ0v) is 20.1. The van der Waals surface area contributed by atoms with Crippen LogP contribution in [0.25, 0.3) is 0 Å². The molecule has 0 heterocycles. The lowest BCUT2D eigenvalue weighted by Crippen LogP contribution is -2.52. The van der Waals surface area contributed by atoms with E-state index in [4.69, 9.17) is 23.2 Å². The molecule has 0 saturated heterocycles. The molecule has 0 bridgehead atoms. The van der Waals surface area contributed by atoms with Crippen molar-refractivity contribution < 1.29 is 9.59 Å². The van der Waals surface area contributed by atoms with Crippen molar-refractivity contribution in [3.8, 4) is 0 Å². The second-order valence-electron chi connectivity index (χ2n) is 8.15. The van der Waals surface area contributed by atoms with Gasteiger partial charge in [0.1, 0.15) is 6.04 Å². The maximum atomic E-state index is 13.1. The fraction of sp³-hybridized carbons (Fsp3) is 0.391. The summed E-state index contributed by atoms with van der Waals surface area (Å²) in [6, 6.07) is 14.3. The van der Waals surface area contributed by atoms with E-state index in [1.54, 1.807) is 17.9 Å². The highest BCUT2D eigenvalue weighted by atomic mass is 35.5. The first-order valence-corrected chi connectivity index (χ1v) is 11.6. The molecule has 2 rings (SSSR count). The van der Waals surface area contributed by atoms with E-state index in [-0.39, 0.29) is 29.7 Å². The van der Waals surface area contributed by atoms with Crippen LogP contribution < -0.4 is 5.32 Å². The van der Waals surface area contributed by atoms with Crippen molar-refractivity contribution in [1.29, 1.82) is 0 Å². The largest absolute Gasteiger partial charge is 0.350 e. The molecule has 162 valence electrons. The van der Waals surface area contributed by atoms with Crippen molar-refractivity contribution >= 4 is 46.8 Å². The van der Waals surface area contributed by atoms with Gasteiger partial charge in [-0.1, -0.05) is 53.5 Å². The highest BCUT2D eigenvalue weighted by Crippen LogP contribution is 2.21. The van der Waals surface area contributed by atoms with Gasteiger partial charge in [-0.15, -0.1) is 11.8 Å². The monoisotopic (exact) mass is 466 g/mol. The summed E-state index contributed by atoms with van der Waals surface area (Å²) in [5, 5.41) is 4.22. The molecule has 0 aromatic heterocycles. The Morgan fingerprint density at radius 1 is 1.07 bits per heavy atom. The SMILES string of the molecule is C[C@@H](C(=O)NC(C)(C)C)N(Cc1ccccc1Cl)C(=O)CSCc1ccc(Cl)cc1. The van der Waals surface area contributed by atoms with Crippen molar-refractivity contribution in [2.24, 2.45) is 0 Å². The number of thioether (sulfide) groups is 1. The predicted molar refractivity (Wildman–Crippen MR) is 127 cm³/mol. The molecule has 4 nitrogen and oxygen atoms in total. The average Bonchev–Trinajstić information content (AvgIpc) is 2.67. The van der Waals surface area contributed by atoms with Gasteiger partial charge in [-0.05, 0) is 57.0 Å². The molecule has 2 aromatic rings. The minimum absolute atomic E-state index is 0.106. The quantitative estimate of drug-likeness (QED) is 0.553. The van der Waals surface area contributed by atoms with Gasteiger partial charge in [-0.2, -0.15) is 0 Å². The standard InChI is InChI=1S/C23H28Cl2N2O2S/c1-16(22(29)26-23(2,3)4)27(13-18-7-5-6-8-20(18)25)21(28)15-30-14-17-9-11-19(24)12-10-17/h5-12,16H,13-15H2,1-4H3,(H,26,29)/t16-/m0/s1. The van der Waals surface area contributed by atoms with E-state index in [0.717, 1.165) is 11.1 Å². The van der Waals surface area contributed by atoms with E-state index in [9.17, 15) is 9.59 Å². The maximum Gasteiger partial charge on any atom is 0.242 e. The zero-order chi connectivity index (χ0) is 22.3. The summed E-state index contributed by atoms with van der Waals surface area (Å²) in [5.41, 5.74) is 1.52. The molecule has 2 aromatic carbocycles. The number of carbonyl (C=O) groups excluding carboxylic acids is 2. The van der Waals surface area contributed by atoms with E-state index in [0.29, 0.717) is 15.8 Å². The average molecular weight is 467 g/mol. The van der Waals surface area contributed by atoms with Crippen molar-refractivity contribution in [2.75, 3.05) is 5.75 Å². The molecule has 0 saturated carbocycles. The van der Waals surface area contributed by atoms with E-state index in [2.05, 4.69) is 5.32 Å². The van der Waals surface area contributed by atoms with Crippen LogP contribution in [0.1, 0.15) is 38.8 Å². The molecule has 0 unspecified atom stereocenters. The number of hydrogen-bond acceptors (Lipinski definition) is 3. The minimum atomic E-state index is -0.621. The van der Waals surface area contributed by atoms with Crippen LogP contribution >= 0.6 is 35.0 Å². The van der Waals surface area contributed by atoms with Crippen LogP contribution in [0.5, 0.6) is 0 Å². The number of hydrogen-bond donors (Lipinski definition) is 1. The Morgan fingerprint density at radius 3 is 2.30 bits per heavy atom. The van der Waals surface area contributed by atoms with Crippen molar-refractivity contribution in [3.63, 3.8) is 0 Å². The Bertz CT molecular complexity index is 866. The van der Waals surface area contributed by atoms with Gasteiger partial charge in [0.15, 0.2) is 0 Å². The van der Waals surface area contributed by atoms with Gasteiger partial charge in [0.25, 0.3) is 0 Å². The van der Waals surface area contributed by atoms with Crippen LogP contribution in [0, 0.1) is 0 Å². The van der Waals surface area contributed by atoms with Gasteiger partial charge < -0.3 is 10.2 Å². The fourth-order valence-electron chi connectivity index (χ4n) is 2.79. The number of benzene rings is 2. The molecule has 0 aliphatic heterocycles. The van der Waals surface area contributed by atoms with Gasteiger partial charge in [-0.25, -0.2) is 0 Å². The molecule has 0 spiro atoms. The normalized spacial score (nSPS) is 12.3. The molecule has 0 aliphatic carbocycles. The third kappa shape index (κ3) is 7.86. The molecular weight excluding hydrogens is 439 g/mol. The molecule has 0 fully saturated rings. The first-order valence-electron chi connectivity index (χ1n) is 9.74. The van der Waals surface area contributed by atoms with E-state index < -0.39 is 6.04 Å². The third-order valence-electron chi connectivity index (χ3n) is 4.37. The second-order valence-corrected chi connectivity index (χ2v) is 9.98. The summed E-state index contributed by atoms with van der Waals surface area (Å²) in [6.45, 7) is 7.78. The number of rotatable bonds is 8.